The van der Waals surface area contributed by atoms with Crippen LogP contribution in [0.5, 0.6) is 0 Å². The van der Waals surface area contributed by atoms with E-state index in [1.54, 1.807) is 4.90 Å². The standard InChI is InChI=1S/C20H31ClN4O2/c1-24(2)11-12-25(15-17-7-9-18(21)10-8-17)19(26)14-23-20(27)22-13-16-5-3-4-6-16/h7-10,16H,3-6,11-15H2,1-2H3,(H2,22,23,27). The third-order valence-corrected chi connectivity index (χ3v) is 5.13. The lowest BCUT2D eigenvalue weighted by Gasteiger charge is -2.25. The number of hydrogen-bond donors (Lipinski definition) is 2. The number of urea groups is 1. The van der Waals surface area contributed by atoms with Gasteiger partial charge in [0.05, 0.1) is 6.54 Å². The second-order valence-electron chi connectivity index (χ2n) is 7.46. The number of halogens is 1. The quantitative estimate of drug-likeness (QED) is 0.676. The zero-order valence-corrected chi connectivity index (χ0v) is 17.1. The molecule has 2 rings (SSSR count). The van der Waals surface area contributed by atoms with E-state index in [1.807, 2.05) is 43.3 Å². The Labute approximate surface area is 167 Å². The summed E-state index contributed by atoms with van der Waals surface area (Å²) in [6, 6.07) is 7.20. The summed E-state index contributed by atoms with van der Waals surface area (Å²) in [6.07, 6.45) is 4.85. The van der Waals surface area contributed by atoms with Crippen LogP contribution in [0.3, 0.4) is 0 Å². The maximum absolute atomic E-state index is 12.6. The van der Waals surface area contributed by atoms with Gasteiger partial charge in [0.2, 0.25) is 5.91 Å². The highest BCUT2D eigenvalue weighted by molar-refractivity contribution is 6.30. The van der Waals surface area contributed by atoms with E-state index in [-0.39, 0.29) is 18.5 Å². The van der Waals surface area contributed by atoms with Gasteiger partial charge < -0.3 is 20.4 Å². The average Bonchev–Trinajstić information content (AvgIpc) is 3.16. The summed E-state index contributed by atoms with van der Waals surface area (Å²) in [4.78, 5) is 28.4. The van der Waals surface area contributed by atoms with Gasteiger partial charge in [0.25, 0.3) is 0 Å². The molecule has 1 aliphatic rings. The number of nitrogens with one attached hydrogen (secondary N) is 2. The highest BCUT2D eigenvalue weighted by Crippen LogP contribution is 2.23. The minimum absolute atomic E-state index is 0.00246. The van der Waals surface area contributed by atoms with Crippen molar-refractivity contribution in [1.29, 1.82) is 0 Å². The van der Waals surface area contributed by atoms with E-state index >= 15 is 0 Å². The Bertz CT molecular complexity index is 601. The van der Waals surface area contributed by atoms with Gasteiger partial charge in [0, 0.05) is 31.2 Å². The average molecular weight is 395 g/mol. The van der Waals surface area contributed by atoms with Crippen molar-refractivity contribution in [1.82, 2.24) is 20.4 Å². The Morgan fingerprint density at radius 2 is 1.74 bits per heavy atom. The first kappa shape index (κ1) is 21.5. The Morgan fingerprint density at radius 3 is 2.37 bits per heavy atom. The molecule has 6 nitrogen and oxygen atoms in total. The van der Waals surface area contributed by atoms with Crippen molar-refractivity contribution in [3.05, 3.63) is 34.9 Å². The fourth-order valence-electron chi connectivity index (χ4n) is 3.20. The summed E-state index contributed by atoms with van der Waals surface area (Å²) >= 11 is 5.93. The van der Waals surface area contributed by atoms with Crippen LogP contribution in [0.1, 0.15) is 31.2 Å². The maximum atomic E-state index is 12.6. The van der Waals surface area contributed by atoms with Crippen LogP contribution in [-0.4, -0.2) is 62.0 Å². The predicted octanol–water partition coefficient (Wildman–Crippen LogP) is 2.72. The molecular weight excluding hydrogens is 364 g/mol. The molecule has 0 aromatic heterocycles. The van der Waals surface area contributed by atoms with Gasteiger partial charge in [-0.05, 0) is 50.6 Å². The molecule has 27 heavy (non-hydrogen) atoms. The van der Waals surface area contributed by atoms with Crippen molar-refractivity contribution in [3.8, 4) is 0 Å². The molecule has 0 radical (unpaired) electrons. The summed E-state index contributed by atoms with van der Waals surface area (Å²) < 4.78 is 0. The minimum Gasteiger partial charge on any atom is -0.338 e. The minimum atomic E-state index is -0.269. The molecule has 7 heteroatoms. The van der Waals surface area contributed by atoms with Gasteiger partial charge in [-0.15, -0.1) is 0 Å². The van der Waals surface area contributed by atoms with Crippen LogP contribution < -0.4 is 10.6 Å². The number of amides is 3. The van der Waals surface area contributed by atoms with E-state index in [2.05, 4.69) is 10.6 Å². The summed E-state index contributed by atoms with van der Waals surface area (Å²) in [5.74, 6) is 0.482. The van der Waals surface area contributed by atoms with E-state index in [9.17, 15) is 9.59 Å². The number of likely N-dealkylation sites (N-methyl/N-ethyl adjacent to an activating group) is 1. The molecule has 0 atom stereocenters. The molecule has 1 fully saturated rings. The molecule has 1 aromatic rings. The van der Waals surface area contributed by atoms with Gasteiger partial charge in [0.1, 0.15) is 0 Å². The fourth-order valence-corrected chi connectivity index (χ4v) is 3.33. The fraction of sp³-hybridized carbons (Fsp3) is 0.600. The topological polar surface area (TPSA) is 64.7 Å². The van der Waals surface area contributed by atoms with Crippen molar-refractivity contribution in [2.75, 3.05) is 40.3 Å². The summed E-state index contributed by atoms with van der Waals surface area (Å²) in [7, 11) is 3.94. The smallest absolute Gasteiger partial charge is 0.315 e. The highest BCUT2D eigenvalue weighted by atomic mass is 35.5. The third-order valence-electron chi connectivity index (χ3n) is 4.88. The van der Waals surface area contributed by atoms with Gasteiger partial charge in [-0.1, -0.05) is 36.6 Å². The molecule has 0 bridgehead atoms. The number of benzene rings is 1. The van der Waals surface area contributed by atoms with Gasteiger partial charge in [-0.2, -0.15) is 0 Å². The Balaban J connectivity index is 1.82. The summed E-state index contributed by atoms with van der Waals surface area (Å²) in [5, 5.41) is 6.25. The van der Waals surface area contributed by atoms with Crippen molar-refractivity contribution >= 4 is 23.5 Å². The number of nitrogens with zero attached hydrogens (tertiary/aromatic N) is 2. The van der Waals surface area contributed by atoms with Crippen LogP contribution >= 0.6 is 11.6 Å². The highest BCUT2D eigenvalue weighted by Gasteiger charge is 2.17. The molecule has 0 aliphatic heterocycles. The van der Waals surface area contributed by atoms with Crippen LogP contribution in [0.2, 0.25) is 5.02 Å². The molecule has 3 amide bonds. The van der Waals surface area contributed by atoms with E-state index in [1.165, 1.54) is 25.7 Å². The van der Waals surface area contributed by atoms with Crippen molar-refractivity contribution in [2.45, 2.75) is 32.2 Å². The molecule has 0 unspecified atom stereocenters. The SMILES string of the molecule is CN(C)CCN(Cc1ccc(Cl)cc1)C(=O)CNC(=O)NCC1CCCC1. The van der Waals surface area contributed by atoms with Crippen molar-refractivity contribution in [2.24, 2.45) is 5.92 Å². The second kappa shape index (κ2) is 11.1. The van der Waals surface area contributed by atoms with Crippen LogP contribution in [0.25, 0.3) is 0 Å². The first-order chi connectivity index (χ1) is 12.9. The first-order valence-corrected chi connectivity index (χ1v) is 10.0. The van der Waals surface area contributed by atoms with Crippen LogP contribution in [0, 0.1) is 5.92 Å². The lowest BCUT2D eigenvalue weighted by Crippen LogP contribution is -2.45. The monoisotopic (exact) mass is 394 g/mol. The predicted molar refractivity (Wildman–Crippen MR) is 109 cm³/mol. The lowest BCUT2D eigenvalue weighted by molar-refractivity contribution is -0.130. The van der Waals surface area contributed by atoms with E-state index < -0.39 is 0 Å². The summed E-state index contributed by atoms with van der Waals surface area (Å²) in [6.45, 7) is 2.54. The molecule has 150 valence electrons. The van der Waals surface area contributed by atoms with Crippen LogP contribution in [-0.2, 0) is 11.3 Å². The second-order valence-corrected chi connectivity index (χ2v) is 7.90. The zero-order valence-electron chi connectivity index (χ0n) is 16.3. The number of hydrogen-bond acceptors (Lipinski definition) is 3. The molecule has 1 aromatic carbocycles. The largest absolute Gasteiger partial charge is 0.338 e. The third kappa shape index (κ3) is 8.18. The maximum Gasteiger partial charge on any atom is 0.315 e. The molecule has 0 saturated heterocycles. The Kier molecular flexibility index (Phi) is 8.88. The first-order valence-electron chi connectivity index (χ1n) is 9.62. The van der Waals surface area contributed by atoms with Crippen molar-refractivity contribution < 1.29 is 9.59 Å². The van der Waals surface area contributed by atoms with Gasteiger partial charge in [-0.25, -0.2) is 4.79 Å². The van der Waals surface area contributed by atoms with E-state index in [4.69, 9.17) is 11.6 Å². The molecule has 0 spiro atoms. The molecule has 1 saturated carbocycles. The van der Waals surface area contributed by atoms with Gasteiger partial charge in [-0.3, -0.25) is 4.79 Å². The summed E-state index contributed by atoms with van der Waals surface area (Å²) in [5.41, 5.74) is 1.01. The van der Waals surface area contributed by atoms with Crippen molar-refractivity contribution in [3.63, 3.8) is 0 Å². The Hall–Kier alpha value is -1.79. The van der Waals surface area contributed by atoms with Gasteiger partial charge in [0.15, 0.2) is 0 Å². The number of rotatable bonds is 9. The van der Waals surface area contributed by atoms with Gasteiger partial charge >= 0.3 is 6.03 Å². The normalized spacial score (nSPS) is 14.4. The number of carbonyl (C=O) groups excluding carboxylic acids is 2. The zero-order chi connectivity index (χ0) is 19.6. The Morgan fingerprint density at radius 1 is 1.07 bits per heavy atom. The molecule has 2 N–H and O–H groups in total. The molecule has 1 aliphatic carbocycles. The lowest BCUT2D eigenvalue weighted by atomic mass is 10.1. The van der Waals surface area contributed by atoms with Crippen LogP contribution in [0.15, 0.2) is 24.3 Å². The van der Waals surface area contributed by atoms with Crippen LogP contribution in [0.4, 0.5) is 4.79 Å². The number of carbonyl (C=O) groups is 2. The molecular formula is C20H31ClN4O2. The van der Waals surface area contributed by atoms with E-state index in [0.717, 1.165) is 12.1 Å². The van der Waals surface area contributed by atoms with E-state index in [0.29, 0.717) is 30.6 Å². The molecule has 0 heterocycles.